The van der Waals surface area contributed by atoms with Crippen LogP contribution in [0.25, 0.3) is 11.1 Å². The molecule has 1 unspecified atom stereocenters. The second kappa shape index (κ2) is 7.70. The maximum Gasteiger partial charge on any atom is 0.223 e. The van der Waals surface area contributed by atoms with Gasteiger partial charge in [-0.25, -0.2) is 0 Å². The molecule has 0 spiro atoms. The summed E-state index contributed by atoms with van der Waals surface area (Å²) in [6.45, 7) is 2.86. The number of benzene rings is 2. The third-order valence-corrected chi connectivity index (χ3v) is 4.89. The Balaban J connectivity index is 1.57. The summed E-state index contributed by atoms with van der Waals surface area (Å²) in [4.78, 5) is 12.2. The lowest BCUT2D eigenvalue weighted by Gasteiger charge is -2.29. The molecule has 3 rings (SSSR count). The number of amides is 1. The van der Waals surface area contributed by atoms with Crippen molar-refractivity contribution in [2.75, 3.05) is 13.2 Å². The molecule has 1 fully saturated rings. The molecule has 1 saturated carbocycles. The fourth-order valence-corrected chi connectivity index (χ4v) is 3.12. The predicted octanol–water partition coefficient (Wildman–Crippen LogP) is 3.37. The summed E-state index contributed by atoms with van der Waals surface area (Å²) >= 11 is 0. The standard InChI is InChI=1S/C21H26N2O2/c1-21(15-22,17-11-12-17)23-20(24)13-14-25-19-10-6-5-9-18(19)16-7-3-2-4-8-16/h2-10,17H,11-15,22H2,1H3,(H,23,24). The Hall–Kier alpha value is -2.33. The SMILES string of the molecule is CC(CN)(NC(=O)CCOc1ccccc1-c1ccccc1)C1CC1. The molecule has 3 N–H and O–H groups in total. The molecule has 1 aliphatic rings. The molecule has 132 valence electrons. The minimum atomic E-state index is -0.279. The van der Waals surface area contributed by atoms with Crippen molar-refractivity contribution in [1.29, 1.82) is 0 Å². The average molecular weight is 338 g/mol. The van der Waals surface area contributed by atoms with Crippen LogP contribution in [0.1, 0.15) is 26.2 Å². The largest absolute Gasteiger partial charge is 0.492 e. The van der Waals surface area contributed by atoms with Crippen LogP contribution in [0.15, 0.2) is 54.6 Å². The first-order valence-corrected chi connectivity index (χ1v) is 8.91. The Kier molecular flexibility index (Phi) is 5.39. The van der Waals surface area contributed by atoms with E-state index in [4.69, 9.17) is 10.5 Å². The van der Waals surface area contributed by atoms with Gasteiger partial charge in [0.15, 0.2) is 0 Å². The highest BCUT2D eigenvalue weighted by Gasteiger charge is 2.41. The van der Waals surface area contributed by atoms with Crippen molar-refractivity contribution >= 4 is 5.91 Å². The van der Waals surface area contributed by atoms with Gasteiger partial charge in [-0.1, -0.05) is 48.5 Å². The Morgan fingerprint density at radius 2 is 1.84 bits per heavy atom. The second-order valence-electron chi connectivity index (χ2n) is 6.90. The predicted molar refractivity (Wildman–Crippen MR) is 100 cm³/mol. The van der Waals surface area contributed by atoms with Crippen LogP contribution in [-0.4, -0.2) is 24.6 Å². The first-order valence-electron chi connectivity index (χ1n) is 8.91. The van der Waals surface area contributed by atoms with Crippen LogP contribution in [0.4, 0.5) is 0 Å². The zero-order valence-corrected chi connectivity index (χ0v) is 14.7. The lowest BCUT2D eigenvalue weighted by atomic mass is 9.96. The van der Waals surface area contributed by atoms with Crippen LogP contribution in [-0.2, 0) is 4.79 Å². The van der Waals surface area contributed by atoms with Crippen molar-refractivity contribution in [3.05, 3.63) is 54.6 Å². The highest BCUT2D eigenvalue weighted by molar-refractivity contribution is 5.77. The normalized spacial score (nSPS) is 16.1. The lowest BCUT2D eigenvalue weighted by molar-refractivity contribution is -0.123. The molecule has 1 amide bonds. The number of nitrogens with two attached hydrogens (primary N) is 1. The third-order valence-electron chi connectivity index (χ3n) is 4.89. The van der Waals surface area contributed by atoms with E-state index in [1.807, 2.05) is 49.4 Å². The molecule has 1 aliphatic carbocycles. The van der Waals surface area contributed by atoms with Crippen LogP contribution in [0, 0.1) is 5.92 Å². The number of nitrogens with one attached hydrogen (secondary N) is 1. The van der Waals surface area contributed by atoms with Gasteiger partial charge in [0.05, 0.1) is 18.6 Å². The van der Waals surface area contributed by atoms with Crippen molar-refractivity contribution in [2.45, 2.75) is 31.7 Å². The van der Waals surface area contributed by atoms with Gasteiger partial charge in [-0.3, -0.25) is 4.79 Å². The summed E-state index contributed by atoms with van der Waals surface area (Å²) < 4.78 is 5.89. The Bertz CT molecular complexity index is 713. The molecule has 1 atom stereocenters. The lowest BCUT2D eigenvalue weighted by Crippen LogP contribution is -2.53. The van der Waals surface area contributed by atoms with Crippen LogP contribution in [0.3, 0.4) is 0 Å². The third kappa shape index (κ3) is 4.40. The van der Waals surface area contributed by atoms with Gasteiger partial charge in [-0.2, -0.15) is 0 Å². The zero-order chi connectivity index (χ0) is 17.7. The van der Waals surface area contributed by atoms with Gasteiger partial charge in [-0.15, -0.1) is 0 Å². The van der Waals surface area contributed by atoms with E-state index in [1.165, 1.54) is 0 Å². The number of para-hydroxylation sites is 1. The fourth-order valence-electron chi connectivity index (χ4n) is 3.12. The highest BCUT2D eigenvalue weighted by Crippen LogP contribution is 2.39. The molecular weight excluding hydrogens is 312 g/mol. The summed E-state index contributed by atoms with van der Waals surface area (Å²) in [7, 11) is 0. The molecule has 0 aliphatic heterocycles. The van der Waals surface area contributed by atoms with Gasteiger partial charge >= 0.3 is 0 Å². The summed E-state index contributed by atoms with van der Waals surface area (Å²) in [5.41, 5.74) is 7.71. The van der Waals surface area contributed by atoms with Crippen molar-refractivity contribution in [3.63, 3.8) is 0 Å². The molecule has 0 radical (unpaired) electrons. The number of hydrogen-bond donors (Lipinski definition) is 2. The summed E-state index contributed by atoms with van der Waals surface area (Å²) in [5.74, 6) is 1.31. The van der Waals surface area contributed by atoms with Gasteiger partial charge in [0, 0.05) is 12.1 Å². The minimum Gasteiger partial charge on any atom is -0.492 e. The Morgan fingerprint density at radius 1 is 1.16 bits per heavy atom. The van der Waals surface area contributed by atoms with E-state index >= 15 is 0 Å². The van der Waals surface area contributed by atoms with E-state index in [0.717, 1.165) is 29.7 Å². The second-order valence-corrected chi connectivity index (χ2v) is 6.90. The van der Waals surface area contributed by atoms with E-state index in [-0.39, 0.29) is 11.4 Å². The first-order chi connectivity index (χ1) is 12.1. The van der Waals surface area contributed by atoms with Gasteiger partial charge in [0.2, 0.25) is 5.91 Å². The maximum absolute atomic E-state index is 12.2. The molecule has 2 aromatic carbocycles. The van der Waals surface area contributed by atoms with Gasteiger partial charge in [0.1, 0.15) is 5.75 Å². The van der Waals surface area contributed by atoms with Crippen LogP contribution in [0.5, 0.6) is 5.75 Å². The van der Waals surface area contributed by atoms with Crippen molar-refractivity contribution in [2.24, 2.45) is 11.7 Å². The molecule has 4 nitrogen and oxygen atoms in total. The smallest absolute Gasteiger partial charge is 0.223 e. The van der Waals surface area contributed by atoms with E-state index in [9.17, 15) is 4.79 Å². The van der Waals surface area contributed by atoms with Crippen molar-refractivity contribution in [1.82, 2.24) is 5.32 Å². The Labute approximate surface area is 149 Å². The minimum absolute atomic E-state index is 0.00274. The molecule has 2 aromatic rings. The fraction of sp³-hybridized carbons (Fsp3) is 0.381. The zero-order valence-electron chi connectivity index (χ0n) is 14.7. The van der Waals surface area contributed by atoms with Gasteiger partial charge < -0.3 is 15.8 Å². The molecule has 4 heteroatoms. The molecule has 0 heterocycles. The van der Waals surface area contributed by atoms with Gasteiger partial charge in [-0.05, 0) is 37.3 Å². The first kappa shape index (κ1) is 17.5. The van der Waals surface area contributed by atoms with Crippen LogP contribution >= 0.6 is 0 Å². The number of rotatable bonds is 8. The monoisotopic (exact) mass is 338 g/mol. The van der Waals surface area contributed by atoms with E-state index in [1.54, 1.807) is 0 Å². The number of carbonyl (C=O) groups is 1. The van der Waals surface area contributed by atoms with E-state index < -0.39 is 0 Å². The van der Waals surface area contributed by atoms with E-state index in [2.05, 4.69) is 17.4 Å². The number of carbonyl (C=O) groups excluding carboxylic acids is 1. The number of hydrogen-bond acceptors (Lipinski definition) is 3. The maximum atomic E-state index is 12.2. The number of ether oxygens (including phenoxy) is 1. The van der Waals surface area contributed by atoms with Gasteiger partial charge in [0.25, 0.3) is 0 Å². The summed E-state index contributed by atoms with van der Waals surface area (Å²) in [6.07, 6.45) is 2.62. The van der Waals surface area contributed by atoms with Crippen molar-refractivity contribution < 1.29 is 9.53 Å². The Morgan fingerprint density at radius 3 is 2.52 bits per heavy atom. The summed E-state index contributed by atoms with van der Waals surface area (Å²) in [6, 6.07) is 18.0. The molecule has 0 saturated heterocycles. The molecule has 0 bridgehead atoms. The molecule has 25 heavy (non-hydrogen) atoms. The van der Waals surface area contributed by atoms with Crippen LogP contribution in [0.2, 0.25) is 0 Å². The highest BCUT2D eigenvalue weighted by atomic mass is 16.5. The molecular formula is C21H26N2O2. The van der Waals surface area contributed by atoms with Crippen molar-refractivity contribution in [3.8, 4) is 16.9 Å². The van der Waals surface area contributed by atoms with Crippen LogP contribution < -0.4 is 15.8 Å². The topological polar surface area (TPSA) is 64.3 Å². The molecule has 0 aromatic heterocycles. The average Bonchev–Trinajstić information content (AvgIpc) is 3.48. The summed E-state index contributed by atoms with van der Waals surface area (Å²) in [5, 5.41) is 3.09. The van der Waals surface area contributed by atoms with E-state index in [0.29, 0.717) is 25.5 Å². The quantitative estimate of drug-likeness (QED) is 0.776.